The molecular weight excluding hydrogens is 1110 g/mol. The fourth-order valence-corrected chi connectivity index (χ4v) is 9.83. The summed E-state index contributed by atoms with van der Waals surface area (Å²) in [5.41, 5.74) is 0. The van der Waals surface area contributed by atoms with Gasteiger partial charge in [0.25, 0.3) is 5.79 Å². The Hall–Kier alpha value is -3.24. The summed E-state index contributed by atoms with van der Waals surface area (Å²) in [7, 11) is 0. The molecule has 5 heterocycles. The number of hydrogen-bond acceptors (Lipinski definition) is 32. The lowest BCUT2D eigenvalue weighted by atomic mass is 9.88. The number of aliphatic carboxylic acids is 1. The van der Waals surface area contributed by atoms with Gasteiger partial charge in [0.2, 0.25) is 17.7 Å². The number of aliphatic hydroxyl groups excluding tert-OH is 18. The van der Waals surface area contributed by atoms with Crippen molar-refractivity contribution < 1.29 is 164 Å². The summed E-state index contributed by atoms with van der Waals surface area (Å²) in [5, 5.41) is 212. The van der Waals surface area contributed by atoms with E-state index in [4.69, 9.17) is 47.4 Å². The topological polar surface area (TPSA) is 581 Å². The van der Waals surface area contributed by atoms with Gasteiger partial charge in [-0.1, -0.05) is 0 Å². The van der Waals surface area contributed by atoms with Gasteiger partial charge in [-0.25, -0.2) is 4.79 Å². The number of hydrogen-bond donors (Lipinski definition) is 22. The second-order valence-electron chi connectivity index (χ2n) is 20.2. The third kappa shape index (κ3) is 15.8. The molecular formula is C45H77N3O33. The Morgan fingerprint density at radius 3 is 1.59 bits per heavy atom. The predicted octanol–water partition coefficient (Wildman–Crippen LogP) is -13.8. The molecule has 22 N–H and O–H groups in total. The summed E-state index contributed by atoms with van der Waals surface area (Å²) < 4.78 is 58.2. The first-order chi connectivity index (χ1) is 38.0. The minimum absolute atomic E-state index is 0.822. The van der Waals surface area contributed by atoms with Gasteiger partial charge in [0.15, 0.2) is 25.2 Å². The molecule has 0 aromatic rings. The van der Waals surface area contributed by atoms with Crippen LogP contribution < -0.4 is 16.0 Å². The van der Waals surface area contributed by atoms with Crippen LogP contribution >= 0.6 is 0 Å². The zero-order valence-electron chi connectivity index (χ0n) is 43.9. The van der Waals surface area contributed by atoms with Crippen molar-refractivity contribution in [2.24, 2.45) is 0 Å². The van der Waals surface area contributed by atoms with Crippen LogP contribution in [0.3, 0.4) is 0 Å². The number of ether oxygens (including phenoxy) is 10. The van der Waals surface area contributed by atoms with E-state index in [0.29, 0.717) is 0 Å². The zero-order chi connectivity index (χ0) is 60.7. The Morgan fingerprint density at radius 1 is 0.568 bits per heavy atom. The van der Waals surface area contributed by atoms with Crippen molar-refractivity contribution in [1.29, 1.82) is 0 Å². The molecule has 0 aliphatic carbocycles. The molecule has 36 nitrogen and oxygen atoms in total. The van der Waals surface area contributed by atoms with Crippen LogP contribution in [-0.4, -0.2) is 344 Å². The van der Waals surface area contributed by atoms with Crippen LogP contribution in [0.1, 0.15) is 34.1 Å². The highest BCUT2D eigenvalue weighted by Gasteiger charge is 2.59. The summed E-state index contributed by atoms with van der Waals surface area (Å²) in [6, 6.07) is -5.48. The molecule has 30 atom stereocenters. The normalized spacial score (nSPS) is 42.6. The number of aliphatic hydroxyl groups is 18. The number of carbonyl (C=O) groups is 4. The minimum atomic E-state index is -3.09. The number of carbonyl (C=O) groups excluding carboxylic acids is 3. The molecule has 0 spiro atoms. The lowest BCUT2D eigenvalue weighted by molar-refractivity contribution is -0.402. The van der Waals surface area contributed by atoms with Gasteiger partial charge in [-0.15, -0.1) is 0 Å². The summed E-state index contributed by atoms with van der Waals surface area (Å²) in [5.74, 6) is -7.86. The molecule has 0 aromatic heterocycles. The van der Waals surface area contributed by atoms with Gasteiger partial charge in [-0.05, 0) is 6.92 Å². The lowest BCUT2D eigenvalue weighted by Crippen LogP contribution is -2.70. The third-order valence-electron chi connectivity index (χ3n) is 14.2. The van der Waals surface area contributed by atoms with Gasteiger partial charge >= 0.3 is 5.97 Å². The molecule has 36 heteroatoms. The van der Waals surface area contributed by atoms with Crippen molar-refractivity contribution in [3.8, 4) is 0 Å². The average molecular weight is 1190 g/mol. The standard InChI is InChI=1S/C45H77N3O33/c1-12-25(60)31(66)33(68)41(73-12)80-39-38(79-42-34(69)32(67)28(63)20(8-51)75-42)30(65)22(10-53)76-43(39)78-36-24(48-15(4)56)40(74-21(9-52)29(36)64)77-35(16(6-49)46-13(2)54)27(62)19(59)11-72-45(44(70)71)5-17(57)23(47-14(3)55)37(81-45)26(61)18(58)7-50/h12,16-43,49-53,57-69H,5-11H2,1-4H3,(H,46,54)(H,47,55)(H,48,56)(H,70,71)/t12-,16-,17-,18+,19+,20+,21+,22+,23+,24+,25+,26+,27-,28-,29+,30-,31+,32-,33-,34+,35+,36+,37+,38-,39+,40-,41-,42+,43-,45+/m0/s1. The van der Waals surface area contributed by atoms with E-state index in [1.54, 1.807) is 0 Å². The summed E-state index contributed by atoms with van der Waals surface area (Å²) >= 11 is 0. The maximum Gasteiger partial charge on any atom is 0.364 e. The smallest absolute Gasteiger partial charge is 0.364 e. The minimum Gasteiger partial charge on any atom is -0.477 e. The highest BCUT2D eigenvalue weighted by atomic mass is 16.8. The number of carboxylic acid groups (broad SMARTS) is 1. The third-order valence-corrected chi connectivity index (χ3v) is 14.2. The molecule has 0 aromatic carbocycles. The SMILES string of the molecule is CC(=O)N[C@H]1[C@H](O[C@@H]([C@@H](O)[C@H](O)CO[C@]2(C(=O)O)C[C@H](O)[C@@H](NC(C)=O)[C@H]([C@H](O)[C@H](O)CO)O2)[C@H](CO)NC(C)=O)O[C@H](CO)[C@@H](O)[C@@H]1O[C@@H]1O[C@H](CO)[C@H](O)[C@H](O[C@H]2O[C@H](CO)[C@H](O)[C@H](O)[C@H]2O)[C@H]1O[C@@H]1O[C@@H](C)[C@@H](O)[C@@H](O)[C@@H]1O. The van der Waals surface area contributed by atoms with Crippen LogP contribution in [0.15, 0.2) is 0 Å². The molecule has 0 radical (unpaired) electrons. The summed E-state index contributed by atoms with van der Waals surface area (Å²) in [4.78, 5) is 50.5. The first kappa shape index (κ1) is 68.5. The Balaban J connectivity index is 1.54. The van der Waals surface area contributed by atoms with Crippen molar-refractivity contribution in [2.45, 2.75) is 217 Å². The largest absolute Gasteiger partial charge is 0.477 e. The molecule has 5 rings (SSSR count). The first-order valence-corrected chi connectivity index (χ1v) is 25.5. The molecule has 5 aliphatic heterocycles. The van der Waals surface area contributed by atoms with E-state index in [0.717, 1.165) is 20.8 Å². The summed E-state index contributed by atoms with van der Waals surface area (Å²) in [6.45, 7) is -2.80. The molecule has 81 heavy (non-hydrogen) atoms. The Kier molecular flexibility index (Phi) is 25.1. The molecule has 5 aliphatic rings. The van der Waals surface area contributed by atoms with Crippen LogP contribution in [-0.2, 0) is 66.5 Å². The van der Waals surface area contributed by atoms with E-state index in [2.05, 4.69) is 16.0 Å². The van der Waals surface area contributed by atoms with Crippen molar-refractivity contribution in [1.82, 2.24) is 16.0 Å². The van der Waals surface area contributed by atoms with Gasteiger partial charge < -0.3 is 160 Å². The number of carboxylic acids is 1. The maximum absolute atomic E-state index is 13.1. The highest BCUT2D eigenvalue weighted by molar-refractivity contribution is 5.77. The summed E-state index contributed by atoms with van der Waals surface area (Å²) in [6.07, 6.45) is -54.5. The van der Waals surface area contributed by atoms with Crippen molar-refractivity contribution in [3.05, 3.63) is 0 Å². The Bertz CT molecular complexity index is 2020. The fourth-order valence-electron chi connectivity index (χ4n) is 9.83. The molecule has 0 unspecified atom stereocenters. The van der Waals surface area contributed by atoms with E-state index in [1.165, 1.54) is 6.92 Å². The van der Waals surface area contributed by atoms with E-state index in [1.807, 2.05) is 0 Å². The van der Waals surface area contributed by atoms with Crippen molar-refractivity contribution >= 4 is 23.7 Å². The Morgan fingerprint density at radius 2 is 1.06 bits per heavy atom. The van der Waals surface area contributed by atoms with Gasteiger partial charge in [-0.2, -0.15) is 0 Å². The molecule has 470 valence electrons. The number of amides is 3. The molecule has 0 saturated carbocycles. The van der Waals surface area contributed by atoms with Crippen LogP contribution in [0.5, 0.6) is 0 Å². The quantitative estimate of drug-likeness (QED) is 0.0404. The van der Waals surface area contributed by atoms with E-state index >= 15 is 0 Å². The van der Waals surface area contributed by atoms with Crippen LogP contribution in [0.25, 0.3) is 0 Å². The average Bonchev–Trinajstić information content (AvgIpc) is 3.43. The van der Waals surface area contributed by atoms with E-state index in [-0.39, 0.29) is 0 Å². The van der Waals surface area contributed by atoms with E-state index < -0.39 is 253 Å². The van der Waals surface area contributed by atoms with Crippen molar-refractivity contribution in [2.75, 3.05) is 39.6 Å². The molecule has 5 saturated heterocycles. The molecule has 3 amide bonds. The number of rotatable bonds is 25. The monoisotopic (exact) mass is 1190 g/mol. The van der Waals surface area contributed by atoms with Crippen LogP contribution in [0.4, 0.5) is 0 Å². The molecule has 5 fully saturated rings. The maximum atomic E-state index is 13.1. The second kappa shape index (κ2) is 29.7. The van der Waals surface area contributed by atoms with Crippen molar-refractivity contribution in [3.63, 3.8) is 0 Å². The van der Waals surface area contributed by atoms with Gasteiger partial charge in [0.05, 0.1) is 63.9 Å². The fraction of sp³-hybridized carbons (Fsp3) is 0.911. The predicted molar refractivity (Wildman–Crippen MR) is 252 cm³/mol. The van der Waals surface area contributed by atoms with Crippen LogP contribution in [0, 0.1) is 0 Å². The molecule has 0 bridgehead atoms. The highest BCUT2D eigenvalue weighted by Crippen LogP contribution is 2.38. The van der Waals surface area contributed by atoms with Gasteiger partial charge in [0, 0.05) is 27.2 Å². The zero-order valence-corrected chi connectivity index (χ0v) is 43.9. The number of nitrogens with one attached hydrogen (secondary N) is 3. The van der Waals surface area contributed by atoms with E-state index in [9.17, 15) is 116 Å². The first-order valence-electron chi connectivity index (χ1n) is 25.5. The van der Waals surface area contributed by atoms with Crippen LogP contribution in [0.2, 0.25) is 0 Å². The Labute approximate surface area is 459 Å². The van der Waals surface area contributed by atoms with Gasteiger partial charge in [0.1, 0.15) is 128 Å². The lowest BCUT2D eigenvalue weighted by Gasteiger charge is -2.51. The van der Waals surface area contributed by atoms with Gasteiger partial charge in [-0.3, -0.25) is 14.4 Å². The second-order valence-corrected chi connectivity index (χ2v) is 20.2.